The highest BCUT2D eigenvalue weighted by Gasteiger charge is 2.29. The molecular weight excluding hydrogens is 308 g/mol. The Hall–Kier alpha value is -1.24. The summed E-state index contributed by atoms with van der Waals surface area (Å²) in [6.07, 6.45) is 8.29. The molecule has 19 heavy (non-hydrogen) atoms. The first-order valence-corrected chi connectivity index (χ1v) is 7.06. The Labute approximate surface area is 119 Å². The van der Waals surface area contributed by atoms with Crippen LogP contribution in [0.4, 0.5) is 0 Å². The minimum Gasteiger partial charge on any atom is -0.372 e. The average Bonchev–Trinajstić information content (AvgIpc) is 3.08. The van der Waals surface area contributed by atoms with Crippen LogP contribution in [0.5, 0.6) is 0 Å². The van der Waals surface area contributed by atoms with Crippen LogP contribution >= 0.6 is 15.9 Å². The van der Waals surface area contributed by atoms with Crippen molar-refractivity contribution in [1.82, 2.24) is 20.3 Å². The first-order valence-electron chi connectivity index (χ1n) is 6.26. The standard InChI is InChI=1S/C13H15BrN4O/c14-10-5-9(6-15-7-10)13-11(1-4-19-13)18-8-12-16-2-3-17-12/h2-3,5-7,11,13,18H,1,4,8H2,(H,16,17)/t11-,13+/m0/s1. The summed E-state index contributed by atoms with van der Waals surface area (Å²) in [5, 5.41) is 3.49. The molecule has 1 aliphatic heterocycles. The minimum absolute atomic E-state index is 0.0555. The predicted molar refractivity (Wildman–Crippen MR) is 74.5 cm³/mol. The fourth-order valence-electron chi connectivity index (χ4n) is 2.33. The van der Waals surface area contributed by atoms with Crippen LogP contribution in [0.25, 0.3) is 0 Å². The number of hydrogen-bond donors (Lipinski definition) is 2. The van der Waals surface area contributed by atoms with Gasteiger partial charge in [-0.3, -0.25) is 4.98 Å². The van der Waals surface area contributed by atoms with Crippen LogP contribution in [0.3, 0.4) is 0 Å². The van der Waals surface area contributed by atoms with E-state index in [1.807, 2.05) is 12.4 Å². The lowest BCUT2D eigenvalue weighted by Gasteiger charge is -2.19. The lowest BCUT2D eigenvalue weighted by atomic mass is 10.0. The Morgan fingerprint density at radius 1 is 1.47 bits per heavy atom. The molecule has 0 bridgehead atoms. The molecule has 3 rings (SSSR count). The molecule has 0 aliphatic carbocycles. The number of ether oxygens (including phenoxy) is 1. The second kappa shape index (κ2) is 5.81. The van der Waals surface area contributed by atoms with Gasteiger partial charge in [0, 0.05) is 47.5 Å². The van der Waals surface area contributed by atoms with E-state index in [1.165, 1.54) is 0 Å². The summed E-state index contributed by atoms with van der Waals surface area (Å²) in [5.41, 5.74) is 1.10. The van der Waals surface area contributed by atoms with Crippen molar-refractivity contribution in [2.75, 3.05) is 6.61 Å². The maximum atomic E-state index is 5.82. The SMILES string of the molecule is Brc1cncc([C@H]2OCC[C@@H]2NCc2ncc[nH]2)c1. The highest BCUT2D eigenvalue weighted by Crippen LogP contribution is 2.30. The van der Waals surface area contributed by atoms with Crippen molar-refractivity contribution in [2.24, 2.45) is 0 Å². The van der Waals surface area contributed by atoms with Gasteiger partial charge in [-0.2, -0.15) is 0 Å². The fraction of sp³-hybridized carbons (Fsp3) is 0.385. The molecule has 1 saturated heterocycles. The van der Waals surface area contributed by atoms with Gasteiger partial charge in [-0.15, -0.1) is 0 Å². The first-order chi connectivity index (χ1) is 9.33. The maximum absolute atomic E-state index is 5.82. The normalized spacial score (nSPS) is 22.8. The van der Waals surface area contributed by atoms with E-state index in [2.05, 4.69) is 42.3 Å². The van der Waals surface area contributed by atoms with Gasteiger partial charge < -0.3 is 15.0 Å². The number of rotatable bonds is 4. The Kier molecular flexibility index (Phi) is 3.91. The van der Waals surface area contributed by atoms with Crippen molar-refractivity contribution in [3.8, 4) is 0 Å². The molecule has 2 aromatic heterocycles. The third-order valence-electron chi connectivity index (χ3n) is 3.23. The third kappa shape index (κ3) is 3.02. The van der Waals surface area contributed by atoms with Crippen LogP contribution in [0.1, 0.15) is 23.9 Å². The molecule has 0 saturated carbocycles. The summed E-state index contributed by atoms with van der Waals surface area (Å²) >= 11 is 3.45. The summed E-state index contributed by atoms with van der Waals surface area (Å²) in [6, 6.07) is 2.35. The number of aromatic amines is 1. The molecule has 3 heterocycles. The van der Waals surface area contributed by atoms with Crippen molar-refractivity contribution >= 4 is 15.9 Å². The van der Waals surface area contributed by atoms with Gasteiger partial charge in [0.1, 0.15) is 5.82 Å². The summed E-state index contributed by atoms with van der Waals surface area (Å²) < 4.78 is 6.80. The van der Waals surface area contributed by atoms with Gasteiger partial charge in [-0.05, 0) is 28.4 Å². The lowest BCUT2D eigenvalue weighted by Crippen LogP contribution is -2.31. The molecule has 1 aliphatic rings. The molecule has 6 heteroatoms. The quantitative estimate of drug-likeness (QED) is 0.905. The van der Waals surface area contributed by atoms with Crippen molar-refractivity contribution in [1.29, 1.82) is 0 Å². The number of pyridine rings is 1. The topological polar surface area (TPSA) is 62.8 Å². The predicted octanol–water partition coefficient (Wildman–Crippen LogP) is 2.19. The summed E-state index contributed by atoms with van der Waals surface area (Å²) in [6.45, 7) is 1.49. The van der Waals surface area contributed by atoms with E-state index in [-0.39, 0.29) is 6.10 Å². The second-order valence-electron chi connectivity index (χ2n) is 4.54. The number of imidazole rings is 1. The van der Waals surface area contributed by atoms with Gasteiger partial charge in [0.05, 0.1) is 12.6 Å². The molecule has 100 valence electrons. The van der Waals surface area contributed by atoms with E-state index in [0.29, 0.717) is 6.04 Å². The van der Waals surface area contributed by atoms with Crippen LogP contribution < -0.4 is 5.32 Å². The molecule has 1 fully saturated rings. The van der Waals surface area contributed by atoms with E-state index in [4.69, 9.17) is 4.74 Å². The molecule has 0 unspecified atom stereocenters. The molecule has 5 nitrogen and oxygen atoms in total. The van der Waals surface area contributed by atoms with E-state index in [0.717, 1.165) is 35.4 Å². The monoisotopic (exact) mass is 322 g/mol. The molecule has 0 amide bonds. The number of halogens is 1. The van der Waals surface area contributed by atoms with Gasteiger partial charge >= 0.3 is 0 Å². The van der Waals surface area contributed by atoms with Crippen molar-refractivity contribution in [2.45, 2.75) is 25.1 Å². The largest absolute Gasteiger partial charge is 0.372 e. The van der Waals surface area contributed by atoms with E-state index < -0.39 is 0 Å². The molecule has 2 N–H and O–H groups in total. The van der Waals surface area contributed by atoms with Gasteiger partial charge in [0.25, 0.3) is 0 Å². The lowest BCUT2D eigenvalue weighted by molar-refractivity contribution is 0.0980. The van der Waals surface area contributed by atoms with Gasteiger partial charge in [-0.25, -0.2) is 4.98 Å². The Balaban J connectivity index is 1.67. The summed E-state index contributed by atoms with van der Waals surface area (Å²) in [4.78, 5) is 11.5. The van der Waals surface area contributed by atoms with Crippen molar-refractivity contribution < 1.29 is 4.74 Å². The number of nitrogens with one attached hydrogen (secondary N) is 2. The Morgan fingerprint density at radius 3 is 3.21 bits per heavy atom. The molecule has 2 atom stereocenters. The summed E-state index contributed by atoms with van der Waals surface area (Å²) in [7, 11) is 0. The highest BCUT2D eigenvalue weighted by molar-refractivity contribution is 9.10. The Morgan fingerprint density at radius 2 is 2.42 bits per heavy atom. The van der Waals surface area contributed by atoms with Gasteiger partial charge in [-0.1, -0.05) is 0 Å². The zero-order valence-electron chi connectivity index (χ0n) is 10.3. The Bertz CT molecular complexity index is 531. The van der Waals surface area contributed by atoms with Crippen molar-refractivity contribution in [3.05, 3.63) is 46.7 Å². The van der Waals surface area contributed by atoms with Crippen LogP contribution in [0.2, 0.25) is 0 Å². The number of hydrogen-bond acceptors (Lipinski definition) is 4. The fourth-order valence-corrected chi connectivity index (χ4v) is 2.72. The number of nitrogens with zero attached hydrogens (tertiary/aromatic N) is 2. The van der Waals surface area contributed by atoms with Crippen LogP contribution in [-0.2, 0) is 11.3 Å². The maximum Gasteiger partial charge on any atom is 0.120 e. The zero-order valence-corrected chi connectivity index (χ0v) is 11.9. The van der Waals surface area contributed by atoms with E-state index in [9.17, 15) is 0 Å². The third-order valence-corrected chi connectivity index (χ3v) is 3.67. The van der Waals surface area contributed by atoms with Crippen molar-refractivity contribution in [3.63, 3.8) is 0 Å². The minimum atomic E-state index is 0.0555. The van der Waals surface area contributed by atoms with Gasteiger partial charge in [0.15, 0.2) is 0 Å². The highest BCUT2D eigenvalue weighted by atomic mass is 79.9. The molecular formula is C13H15BrN4O. The van der Waals surface area contributed by atoms with Crippen LogP contribution in [-0.4, -0.2) is 27.6 Å². The second-order valence-corrected chi connectivity index (χ2v) is 5.46. The number of aromatic nitrogens is 3. The van der Waals surface area contributed by atoms with Crippen LogP contribution in [0.15, 0.2) is 35.3 Å². The van der Waals surface area contributed by atoms with E-state index >= 15 is 0 Å². The number of H-pyrrole nitrogens is 1. The molecule has 0 radical (unpaired) electrons. The van der Waals surface area contributed by atoms with E-state index in [1.54, 1.807) is 12.4 Å². The summed E-state index contributed by atoms with van der Waals surface area (Å²) in [5.74, 6) is 0.943. The zero-order chi connectivity index (χ0) is 13.1. The molecule has 0 spiro atoms. The van der Waals surface area contributed by atoms with Crippen LogP contribution in [0, 0.1) is 0 Å². The first kappa shape index (κ1) is 12.8. The molecule has 0 aromatic carbocycles. The molecule has 2 aromatic rings. The smallest absolute Gasteiger partial charge is 0.120 e. The van der Waals surface area contributed by atoms with Gasteiger partial charge in [0.2, 0.25) is 0 Å². The average molecular weight is 323 g/mol.